The molecule has 0 aliphatic heterocycles. The lowest BCUT2D eigenvalue weighted by atomic mass is 10.0. The Morgan fingerprint density at radius 1 is 1.56 bits per heavy atom. The number of amides is 1. The zero-order valence-corrected chi connectivity index (χ0v) is 10.7. The van der Waals surface area contributed by atoms with Crippen LogP contribution in [0, 0.1) is 5.92 Å². The Kier molecular flexibility index (Phi) is 5.49. The summed E-state index contributed by atoms with van der Waals surface area (Å²) in [6.45, 7) is 5.43. The zero-order chi connectivity index (χ0) is 12.0. The van der Waals surface area contributed by atoms with Crippen molar-refractivity contribution in [2.75, 3.05) is 13.1 Å². The van der Waals surface area contributed by atoms with Gasteiger partial charge in [-0.1, -0.05) is 19.9 Å². The molecular formula is C12H20N2OS. The second-order valence-corrected chi connectivity index (χ2v) is 5.33. The van der Waals surface area contributed by atoms with Gasteiger partial charge in [0.2, 0.25) is 5.91 Å². The highest BCUT2D eigenvalue weighted by atomic mass is 32.1. The van der Waals surface area contributed by atoms with Gasteiger partial charge in [0.05, 0.1) is 0 Å². The predicted molar refractivity (Wildman–Crippen MR) is 68.6 cm³/mol. The van der Waals surface area contributed by atoms with Gasteiger partial charge in [0.15, 0.2) is 0 Å². The van der Waals surface area contributed by atoms with Crippen LogP contribution in [-0.2, 0) is 4.79 Å². The van der Waals surface area contributed by atoms with Gasteiger partial charge >= 0.3 is 0 Å². The first kappa shape index (κ1) is 13.2. The van der Waals surface area contributed by atoms with Gasteiger partial charge in [0.1, 0.15) is 0 Å². The van der Waals surface area contributed by atoms with Crippen molar-refractivity contribution < 1.29 is 4.79 Å². The smallest absolute Gasteiger partial charge is 0.220 e. The van der Waals surface area contributed by atoms with Gasteiger partial charge in [-0.15, -0.1) is 11.3 Å². The van der Waals surface area contributed by atoms with Gasteiger partial charge in [0, 0.05) is 30.3 Å². The van der Waals surface area contributed by atoms with Crippen LogP contribution in [0.5, 0.6) is 0 Å². The molecule has 0 spiro atoms. The molecule has 1 aromatic rings. The Morgan fingerprint density at radius 3 is 2.81 bits per heavy atom. The molecule has 16 heavy (non-hydrogen) atoms. The van der Waals surface area contributed by atoms with E-state index < -0.39 is 0 Å². The molecule has 3 nitrogen and oxygen atoms in total. The molecule has 0 saturated carbocycles. The van der Waals surface area contributed by atoms with Crippen molar-refractivity contribution >= 4 is 17.2 Å². The van der Waals surface area contributed by atoms with Crippen LogP contribution in [0.3, 0.4) is 0 Å². The molecule has 0 radical (unpaired) electrons. The van der Waals surface area contributed by atoms with E-state index in [4.69, 9.17) is 5.73 Å². The minimum absolute atomic E-state index is 0.0950. The molecule has 1 unspecified atom stereocenters. The van der Waals surface area contributed by atoms with Crippen LogP contribution in [0.2, 0.25) is 0 Å². The fourth-order valence-electron chi connectivity index (χ4n) is 1.44. The summed E-state index contributed by atoms with van der Waals surface area (Å²) >= 11 is 1.66. The minimum atomic E-state index is 0.0950. The summed E-state index contributed by atoms with van der Waals surface area (Å²) in [6.07, 6.45) is 0.490. The third kappa shape index (κ3) is 4.33. The van der Waals surface area contributed by atoms with Crippen molar-refractivity contribution in [3.05, 3.63) is 22.4 Å². The van der Waals surface area contributed by atoms with E-state index in [0.29, 0.717) is 18.9 Å². The zero-order valence-electron chi connectivity index (χ0n) is 9.90. The summed E-state index contributed by atoms with van der Waals surface area (Å²) in [5, 5.41) is 4.94. The van der Waals surface area contributed by atoms with Gasteiger partial charge in [0.25, 0.3) is 0 Å². The average molecular weight is 240 g/mol. The van der Waals surface area contributed by atoms with E-state index in [0.717, 1.165) is 6.54 Å². The van der Waals surface area contributed by atoms with E-state index in [-0.39, 0.29) is 11.8 Å². The average Bonchev–Trinajstić information content (AvgIpc) is 2.76. The number of hydrogen-bond donors (Lipinski definition) is 2. The largest absolute Gasteiger partial charge is 0.356 e. The number of nitrogens with one attached hydrogen (secondary N) is 1. The van der Waals surface area contributed by atoms with Gasteiger partial charge < -0.3 is 11.1 Å². The number of thiophene rings is 1. The van der Waals surface area contributed by atoms with E-state index in [2.05, 4.69) is 19.2 Å². The van der Waals surface area contributed by atoms with E-state index in [1.165, 1.54) is 4.88 Å². The molecule has 0 fully saturated rings. The van der Waals surface area contributed by atoms with Gasteiger partial charge in [-0.2, -0.15) is 0 Å². The summed E-state index contributed by atoms with van der Waals surface area (Å²) in [5.74, 6) is 0.742. The first-order valence-corrected chi connectivity index (χ1v) is 6.51. The van der Waals surface area contributed by atoms with E-state index in [1.54, 1.807) is 11.3 Å². The second kappa shape index (κ2) is 6.66. The molecule has 1 atom stereocenters. The van der Waals surface area contributed by atoms with Crippen LogP contribution in [0.4, 0.5) is 0 Å². The fraction of sp³-hybridized carbons (Fsp3) is 0.583. The van der Waals surface area contributed by atoms with Gasteiger partial charge in [-0.25, -0.2) is 0 Å². The maximum Gasteiger partial charge on any atom is 0.220 e. The predicted octanol–water partition coefficient (Wildman–Crippen LogP) is 1.95. The first-order chi connectivity index (χ1) is 7.63. The quantitative estimate of drug-likeness (QED) is 0.798. The topological polar surface area (TPSA) is 55.1 Å². The number of rotatable bonds is 6. The van der Waals surface area contributed by atoms with Crippen LogP contribution < -0.4 is 11.1 Å². The molecule has 1 aromatic heterocycles. The summed E-state index contributed by atoms with van der Waals surface area (Å²) in [6, 6.07) is 4.03. The van der Waals surface area contributed by atoms with Crippen molar-refractivity contribution in [3.63, 3.8) is 0 Å². The molecule has 3 N–H and O–H groups in total. The van der Waals surface area contributed by atoms with Crippen LogP contribution in [0.15, 0.2) is 17.5 Å². The fourth-order valence-corrected chi connectivity index (χ4v) is 2.28. The number of carbonyl (C=O) groups is 1. The third-order valence-electron chi connectivity index (χ3n) is 2.37. The number of nitrogens with two attached hydrogens (primary N) is 1. The third-order valence-corrected chi connectivity index (χ3v) is 3.40. The molecule has 0 saturated heterocycles. The Hall–Kier alpha value is -0.870. The van der Waals surface area contributed by atoms with Gasteiger partial charge in [-0.3, -0.25) is 4.79 Å². The van der Waals surface area contributed by atoms with Crippen molar-refractivity contribution in [3.8, 4) is 0 Å². The van der Waals surface area contributed by atoms with Gasteiger partial charge in [-0.05, 0) is 17.4 Å². The van der Waals surface area contributed by atoms with Crippen molar-refractivity contribution in [2.24, 2.45) is 11.7 Å². The van der Waals surface area contributed by atoms with E-state index in [9.17, 15) is 4.79 Å². The monoisotopic (exact) mass is 240 g/mol. The molecule has 0 aliphatic rings. The summed E-state index contributed by atoms with van der Waals surface area (Å²) in [5.41, 5.74) is 5.69. The molecule has 1 rings (SSSR count). The lowest BCUT2D eigenvalue weighted by Crippen LogP contribution is -2.29. The van der Waals surface area contributed by atoms with Crippen molar-refractivity contribution in [1.82, 2.24) is 5.32 Å². The van der Waals surface area contributed by atoms with Crippen molar-refractivity contribution in [2.45, 2.75) is 26.2 Å². The van der Waals surface area contributed by atoms with E-state index in [1.807, 2.05) is 17.5 Å². The highest BCUT2D eigenvalue weighted by Crippen LogP contribution is 2.23. The molecule has 0 aliphatic carbocycles. The lowest BCUT2D eigenvalue weighted by Gasteiger charge is -2.13. The van der Waals surface area contributed by atoms with Crippen LogP contribution >= 0.6 is 11.3 Å². The molecule has 1 heterocycles. The maximum absolute atomic E-state index is 11.6. The summed E-state index contributed by atoms with van der Waals surface area (Å²) < 4.78 is 0. The molecule has 0 bridgehead atoms. The molecular weight excluding hydrogens is 220 g/mol. The van der Waals surface area contributed by atoms with Crippen LogP contribution in [0.25, 0.3) is 0 Å². The summed E-state index contributed by atoms with van der Waals surface area (Å²) in [4.78, 5) is 12.8. The maximum atomic E-state index is 11.6. The molecule has 0 aromatic carbocycles. The highest BCUT2D eigenvalue weighted by Gasteiger charge is 2.15. The Morgan fingerprint density at radius 2 is 2.31 bits per heavy atom. The summed E-state index contributed by atoms with van der Waals surface area (Å²) in [7, 11) is 0. The van der Waals surface area contributed by atoms with Crippen LogP contribution in [-0.4, -0.2) is 19.0 Å². The Labute approximate surface area is 101 Å². The minimum Gasteiger partial charge on any atom is -0.356 e. The SMILES string of the molecule is CC(C)CNC(=O)CC(CN)c1cccs1. The lowest BCUT2D eigenvalue weighted by molar-refractivity contribution is -0.121. The Balaban J connectivity index is 2.42. The number of hydrogen-bond acceptors (Lipinski definition) is 3. The molecule has 4 heteroatoms. The number of carbonyl (C=O) groups excluding carboxylic acids is 1. The highest BCUT2D eigenvalue weighted by molar-refractivity contribution is 7.10. The standard InChI is InChI=1S/C12H20N2OS/c1-9(2)8-14-12(15)6-10(7-13)11-4-3-5-16-11/h3-5,9-10H,6-8,13H2,1-2H3,(H,14,15). The normalized spacial score (nSPS) is 12.8. The molecule has 1 amide bonds. The van der Waals surface area contributed by atoms with E-state index >= 15 is 0 Å². The Bertz CT molecular complexity index is 309. The van der Waals surface area contributed by atoms with Crippen molar-refractivity contribution in [1.29, 1.82) is 0 Å². The first-order valence-electron chi connectivity index (χ1n) is 5.63. The van der Waals surface area contributed by atoms with Crippen LogP contribution in [0.1, 0.15) is 31.1 Å². The molecule has 90 valence electrons. The second-order valence-electron chi connectivity index (χ2n) is 4.35.